The molecule has 1 amide bonds. The van der Waals surface area contributed by atoms with Gasteiger partial charge in [0.1, 0.15) is 6.61 Å². The largest absolute Gasteiger partial charge is 0.445 e. The Bertz CT molecular complexity index is 396. The van der Waals surface area contributed by atoms with E-state index in [2.05, 4.69) is 6.58 Å². The maximum absolute atomic E-state index is 11.7. The van der Waals surface area contributed by atoms with Crippen LogP contribution in [0, 0.1) is 5.92 Å². The molecule has 1 aliphatic rings. The van der Waals surface area contributed by atoms with Crippen molar-refractivity contribution in [2.24, 2.45) is 5.92 Å². The molecule has 0 aromatic heterocycles. The van der Waals surface area contributed by atoms with E-state index < -0.39 is 0 Å². The topological polar surface area (TPSA) is 29.5 Å². The number of hydrogen-bond acceptors (Lipinski definition) is 2. The zero-order valence-corrected chi connectivity index (χ0v) is 10.5. The van der Waals surface area contributed by atoms with Crippen molar-refractivity contribution in [3.8, 4) is 0 Å². The molecular formula is C15H19NO2. The van der Waals surface area contributed by atoms with Gasteiger partial charge in [-0.05, 0) is 24.3 Å². The minimum absolute atomic E-state index is 0.200. The monoisotopic (exact) mass is 245 g/mol. The van der Waals surface area contributed by atoms with Crippen molar-refractivity contribution in [2.75, 3.05) is 13.1 Å². The lowest BCUT2D eigenvalue weighted by molar-refractivity contribution is 0.0475. The van der Waals surface area contributed by atoms with Crippen LogP contribution in [0.5, 0.6) is 0 Å². The number of rotatable bonds is 5. The van der Waals surface area contributed by atoms with E-state index in [1.165, 1.54) is 0 Å². The summed E-state index contributed by atoms with van der Waals surface area (Å²) in [6, 6.07) is 9.74. The van der Waals surface area contributed by atoms with Gasteiger partial charge in [0.2, 0.25) is 0 Å². The van der Waals surface area contributed by atoms with Gasteiger partial charge in [-0.2, -0.15) is 0 Å². The molecule has 1 saturated heterocycles. The van der Waals surface area contributed by atoms with Crippen LogP contribution < -0.4 is 0 Å². The van der Waals surface area contributed by atoms with E-state index in [1.807, 2.05) is 36.4 Å². The van der Waals surface area contributed by atoms with Crippen LogP contribution in [0.25, 0.3) is 0 Å². The van der Waals surface area contributed by atoms with E-state index in [-0.39, 0.29) is 6.09 Å². The van der Waals surface area contributed by atoms with Gasteiger partial charge in [-0.1, -0.05) is 36.4 Å². The van der Waals surface area contributed by atoms with Crippen molar-refractivity contribution >= 4 is 6.09 Å². The summed E-state index contributed by atoms with van der Waals surface area (Å²) in [7, 11) is 0. The highest BCUT2D eigenvalue weighted by Crippen LogP contribution is 2.21. The maximum Gasteiger partial charge on any atom is 0.410 e. The van der Waals surface area contributed by atoms with Crippen LogP contribution in [0.4, 0.5) is 4.79 Å². The van der Waals surface area contributed by atoms with Gasteiger partial charge in [-0.25, -0.2) is 4.79 Å². The summed E-state index contributed by atoms with van der Waals surface area (Å²) in [5.74, 6) is 0.618. The molecule has 96 valence electrons. The van der Waals surface area contributed by atoms with Crippen LogP contribution in [0.2, 0.25) is 0 Å². The van der Waals surface area contributed by atoms with Crippen LogP contribution in [-0.4, -0.2) is 24.1 Å². The molecule has 18 heavy (non-hydrogen) atoms. The Hall–Kier alpha value is -1.77. The Kier molecular flexibility index (Phi) is 4.40. The van der Waals surface area contributed by atoms with Crippen molar-refractivity contribution < 1.29 is 9.53 Å². The fraction of sp³-hybridized carbons (Fsp3) is 0.400. The quantitative estimate of drug-likeness (QED) is 0.745. The summed E-state index contributed by atoms with van der Waals surface area (Å²) in [5, 5.41) is 0. The minimum atomic E-state index is -0.200. The standard InChI is InChI=1S/C15H19NO2/c1-2-3-7-14-10-16(11-14)15(17)18-12-13-8-5-4-6-9-13/h2,4-6,8-9,14H,1,3,7,10-12H2. The number of carbonyl (C=O) groups excluding carboxylic acids is 1. The zero-order valence-electron chi connectivity index (χ0n) is 10.5. The molecule has 0 bridgehead atoms. The number of allylic oxidation sites excluding steroid dienone is 1. The molecule has 1 aliphatic heterocycles. The Morgan fingerprint density at radius 1 is 1.39 bits per heavy atom. The van der Waals surface area contributed by atoms with Gasteiger partial charge in [-0.3, -0.25) is 0 Å². The molecule has 1 aromatic rings. The van der Waals surface area contributed by atoms with E-state index in [0.717, 1.165) is 31.5 Å². The lowest BCUT2D eigenvalue weighted by atomic mass is 9.95. The molecule has 0 saturated carbocycles. The predicted octanol–water partition coefficient (Wildman–Crippen LogP) is 3.22. The smallest absolute Gasteiger partial charge is 0.410 e. The molecule has 1 heterocycles. The molecule has 0 aliphatic carbocycles. The summed E-state index contributed by atoms with van der Waals surface area (Å²) < 4.78 is 5.25. The molecule has 1 fully saturated rings. The lowest BCUT2D eigenvalue weighted by Crippen LogP contribution is -2.50. The van der Waals surface area contributed by atoms with Gasteiger partial charge in [0, 0.05) is 13.1 Å². The number of nitrogens with zero attached hydrogens (tertiary/aromatic N) is 1. The summed E-state index contributed by atoms with van der Waals surface area (Å²) in [6.45, 7) is 5.70. The van der Waals surface area contributed by atoms with E-state index in [4.69, 9.17) is 4.74 Å². The molecular weight excluding hydrogens is 226 g/mol. The third kappa shape index (κ3) is 3.36. The molecule has 0 atom stereocenters. The second kappa shape index (κ2) is 6.24. The Labute approximate surface area is 108 Å². The van der Waals surface area contributed by atoms with Crippen LogP contribution >= 0.6 is 0 Å². The van der Waals surface area contributed by atoms with Crippen LogP contribution in [0.3, 0.4) is 0 Å². The summed E-state index contributed by atoms with van der Waals surface area (Å²) >= 11 is 0. The van der Waals surface area contributed by atoms with E-state index >= 15 is 0 Å². The first-order valence-electron chi connectivity index (χ1n) is 6.36. The third-order valence-corrected chi connectivity index (χ3v) is 3.20. The normalized spacial score (nSPS) is 15.0. The summed E-state index contributed by atoms with van der Waals surface area (Å²) in [5.41, 5.74) is 1.02. The van der Waals surface area contributed by atoms with Crippen molar-refractivity contribution in [3.63, 3.8) is 0 Å². The molecule has 1 aromatic carbocycles. The number of hydrogen-bond donors (Lipinski definition) is 0. The van der Waals surface area contributed by atoms with Crippen molar-refractivity contribution in [1.82, 2.24) is 4.90 Å². The van der Waals surface area contributed by atoms with E-state index in [1.54, 1.807) is 4.90 Å². The number of benzene rings is 1. The molecule has 3 heteroatoms. The number of ether oxygens (including phenoxy) is 1. The Morgan fingerprint density at radius 2 is 2.11 bits per heavy atom. The zero-order chi connectivity index (χ0) is 12.8. The molecule has 0 spiro atoms. The highest BCUT2D eigenvalue weighted by Gasteiger charge is 2.30. The van der Waals surface area contributed by atoms with Crippen molar-refractivity contribution in [1.29, 1.82) is 0 Å². The molecule has 0 radical (unpaired) electrons. The fourth-order valence-corrected chi connectivity index (χ4v) is 2.07. The molecule has 2 rings (SSSR count). The predicted molar refractivity (Wildman–Crippen MR) is 71.1 cm³/mol. The third-order valence-electron chi connectivity index (χ3n) is 3.20. The van der Waals surface area contributed by atoms with Gasteiger partial charge in [0.05, 0.1) is 0 Å². The van der Waals surface area contributed by atoms with Crippen LogP contribution in [-0.2, 0) is 11.3 Å². The van der Waals surface area contributed by atoms with Crippen molar-refractivity contribution in [2.45, 2.75) is 19.4 Å². The minimum Gasteiger partial charge on any atom is -0.445 e. The first kappa shape index (κ1) is 12.7. The summed E-state index contributed by atoms with van der Waals surface area (Å²) in [6.07, 6.45) is 3.87. The fourth-order valence-electron chi connectivity index (χ4n) is 2.07. The second-order valence-electron chi connectivity index (χ2n) is 4.68. The number of amides is 1. The number of likely N-dealkylation sites (tertiary alicyclic amines) is 1. The van der Waals surface area contributed by atoms with Gasteiger partial charge in [-0.15, -0.1) is 6.58 Å². The van der Waals surface area contributed by atoms with Gasteiger partial charge < -0.3 is 9.64 Å². The van der Waals surface area contributed by atoms with E-state index in [0.29, 0.717) is 12.5 Å². The van der Waals surface area contributed by atoms with Crippen LogP contribution in [0.1, 0.15) is 18.4 Å². The average Bonchev–Trinajstić information content (AvgIpc) is 2.36. The first-order valence-corrected chi connectivity index (χ1v) is 6.36. The Balaban J connectivity index is 1.66. The molecule has 0 unspecified atom stereocenters. The SMILES string of the molecule is C=CCCC1CN(C(=O)OCc2ccccc2)C1. The highest BCUT2D eigenvalue weighted by atomic mass is 16.6. The first-order chi connectivity index (χ1) is 8.79. The second-order valence-corrected chi connectivity index (χ2v) is 4.68. The van der Waals surface area contributed by atoms with Gasteiger partial charge in [0.25, 0.3) is 0 Å². The molecule has 3 nitrogen and oxygen atoms in total. The van der Waals surface area contributed by atoms with Crippen LogP contribution in [0.15, 0.2) is 43.0 Å². The molecule has 0 N–H and O–H groups in total. The lowest BCUT2D eigenvalue weighted by Gasteiger charge is -2.38. The number of carbonyl (C=O) groups is 1. The van der Waals surface area contributed by atoms with E-state index in [9.17, 15) is 4.79 Å². The summed E-state index contributed by atoms with van der Waals surface area (Å²) in [4.78, 5) is 13.5. The van der Waals surface area contributed by atoms with Crippen molar-refractivity contribution in [3.05, 3.63) is 48.6 Å². The Morgan fingerprint density at radius 3 is 2.78 bits per heavy atom. The van der Waals surface area contributed by atoms with Gasteiger partial charge >= 0.3 is 6.09 Å². The highest BCUT2D eigenvalue weighted by molar-refractivity contribution is 5.68. The van der Waals surface area contributed by atoms with Gasteiger partial charge in [0.15, 0.2) is 0 Å². The average molecular weight is 245 g/mol. The maximum atomic E-state index is 11.7.